The van der Waals surface area contributed by atoms with Crippen molar-refractivity contribution in [2.24, 2.45) is 0 Å². The van der Waals surface area contributed by atoms with Crippen molar-refractivity contribution in [3.8, 4) is 11.5 Å². The molecule has 1 atom stereocenters. The SMILES string of the molecule is Cc1ccc(S(=O)(=O)N(C)c2cccc(C(=O)N[C@@H](C)c3ccc4c(c3)OCCO4)c2)cc1. The largest absolute Gasteiger partial charge is 0.486 e. The van der Waals surface area contributed by atoms with E-state index in [0.29, 0.717) is 36.0 Å². The molecule has 0 aliphatic carbocycles. The molecule has 1 N–H and O–H groups in total. The number of sulfonamides is 1. The van der Waals surface area contributed by atoms with Crippen molar-refractivity contribution < 1.29 is 22.7 Å². The molecule has 0 spiro atoms. The van der Waals surface area contributed by atoms with Crippen LogP contribution in [0.1, 0.15) is 34.5 Å². The molecule has 0 saturated carbocycles. The summed E-state index contributed by atoms with van der Waals surface area (Å²) in [5.41, 5.74) is 2.61. The number of aryl methyl sites for hydroxylation is 1. The predicted molar refractivity (Wildman–Crippen MR) is 127 cm³/mol. The van der Waals surface area contributed by atoms with E-state index in [0.717, 1.165) is 11.1 Å². The molecule has 1 aliphatic rings. The van der Waals surface area contributed by atoms with Gasteiger partial charge in [-0.3, -0.25) is 9.10 Å². The zero-order valence-corrected chi connectivity index (χ0v) is 19.6. The van der Waals surface area contributed by atoms with Gasteiger partial charge in [0.15, 0.2) is 11.5 Å². The van der Waals surface area contributed by atoms with Gasteiger partial charge in [-0.15, -0.1) is 0 Å². The Labute approximate surface area is 194 Å². The third-order valence-corrected chi connectivity index (χ3v) is 7.36. The number of benzene rings is 3. The van der Waals surface area contributed by atoms with E-state index >= 15 is 0 Å². The minimum absolute atomic E-state index is 0.192. The molecule has 7 nitrogen and oxygen atoms in total. The van der Waals surface area contributed by atoms with Crippen LogP contribution in [-0.4, -0.2) is 34.6 Å². The van der Waals surface area contributed by atoms with Crippen molar-refractivity contribution in [1.29, 1.82) is 0 Å². The molecule has 0 radical (unpaired) electrons. The zero-order chi connectivity index (χ0) is 23.6. The van der Waals surface area contributed by atoms with Crippen molar-refractivity contribution in [2.75, 3.05) is 24.6 Å². The van der Waals surface area contributed by atoms with Crippen LogP contribution < -0.4 is 19.1 Å². The summed E-state index contributed by atoms with van der Waals surface area (Å²) < 4.78 is 38.4. The predicted octanol–water partition coefficient (Wildman–Crippen LogP) is 4.08. The van der Waals surface area contributed by atoms with Gasteiger partial charge in [-0.1, -0.05) is 29.8 Å². The first-order valence-corrected chi connectivity index (χ1v) is 12.1. The lowest BCUT2D eigenvalue weighted by Gasteiger charge is -2.22. The summed E-state index contributed by atoms with van der Waals surface area (Å²) in [5, 5.41) is 2.96. The number of rotatable bonds is 6. The van der Waals surface area contributed by atoms with Gasteiger partial charge in [0, 0.05) is 12.6 Å². The number of carbonyl (C=O) groups is 1. The quantitative estimate of drug-likeness (QED) is 0.592. The number of fused-ring (bicyclic) bond motifs is 1. The molecule has 172 valence electrons. The molecule has 8 heteroatoms. The summed E-state index contributed by atoms with van der Waals surface area (Å²) in [6, 6.07) is 18.5. The average molecular weight is 467 g/mol. The Bertz CT molecular complexity index is 1270. The number of carbonyl (C=O) groups excluding carboxylic acids is 1. The first kappa shape index (κ1) is 22.7. The first-order chi connectivity index (χ1) is 15.8. The lowest BCUT2D eigenvalue weighted by atomic mass is 10.1. The Balaban J connectivity index is 1.51. The third kappa shape index (κ3) is 4.80. The van der Waals surface area contributed by atoms with Crippen molar-refractivity contribution in [3.05, 3.63) is 83.4 Å². The number of hydrogen-bond donors (Lipinski definition) is 1. The van der Waals surface area contributed by atoms with Gasteiger partial charge in [0.1, 0.15) is 13.2 Å². The lowest BCUT2D eigenvalue weighted by Crippen LogP contribution is -2.28. The molecule has 0 fully saturated rings. The molecule has 1 amide bonds. The molecule has 0 aromatic heterocycles. The molecule has 3 aromatic carbocycles. The highest BCUT2D eigenvalue weighted by Gasteiger charge is 2.22. The molecule has 0 unspecified atom stereocenters. The average Bonchev–Trinajstić information content (AvgIpc) is 2.83. The first-order valence-electron chi connectivity index (χ1n) is 10.6. The normalized spacial score (nSPS) is 13.8. The van der Waals surface area contributed by atoms with Gasteiger partial charge in [0.05, 0.1) is 16.6 Å². The van der Waals surface area contributed by atoms with Crippen molar-refractivity contribution >= 4 is 21.6 Å². The fraction of sp³-hybridized carbons (Fsp3) is 0.240. The maximum Gasteiger partial charge on any atom is 0.264 e. The Morgan fingerprint density at radius 2 is 1.67 bits per heavy atom. The molecule has 33 heavy (non-hydrogen) atoms. The van der Waals surface area contributed by atoms with Gasteiger partial charge in [0.2, 0.25) is 0 Å². The van der Waals surface area contributed by atoms with Crippen LogP contribution >= 0.6 is 0 Å². The second kappa shape index (κ2) is 9.15. The van der Waals surface area contributed by atoms with Crippen LogP contribution in [0.3, 0.4) is 0 Å². The Morgan fingerprint density at radius 3 is 2.39 bits per heavy atom. The number of nitrogens with one attached hydrogen (secondary N) is 1. The van der Waals surface area contributed by atoms with E-state index in [1.54, 1.807) is 48.5 Å². The maximum absolute atomic E-state index is 13.0. The van der Waals surface area contributed by atoms with E-state index in [2.05, 4.69) is 5.32 Å². The number of anilines is 1. The maximum atomic E-state index is 13.0. The van der Waals surface area contributed by atoms with Crippen LogP contribution in [0.25, 0.3) is 0 Å². The van der Waals surface area contributed by atoms with Gasteiger partial charge in [0.25, 0.3) is 15.9 Å². The molecule has 1 aliphatic heterocycles. The van der Waals surface area contributed by atoms with E-state index in [9.17, 15) is 13.2 Å². The van der Waals surface area contributed by atoms with Crippen molar-refractivity contribution in [1.82, 2.24) is 5.32 Å². The summed E-state index contributed by atoms with van der Waals surface area (Å²) in [6.07, 6.45) is 0. The Morgan fingerprint density at radius 1 is 0.970 bits per heavy atom. The van der Waals surface area contributed by atoms with Crippen LogP contribution in [0.15, 0.2) is 71.6 Å². The van der Waals surface area contributed by atoms with Crippen LogP contribution in [-0.2, 0) is 10.0 Å². The standard InChI is InChI=1S/C25H26N2O5S/c1-17-7-10-22(11-8-17)33(29,30)27(3)21-6-4-5-20(15-21)25(28)26-18(2)19-9-12-23-24(16-19)32-14-13-31-23/h4-12,15-16,18H,13-14H2,1-3H3,(H,26,28)/t18-/m0/s1. The van der Waals surface area contributed by atoms with Gasteiger partial charge in [-0.2, -0.15) is 0 Å². The van der Waals surface area contributed by atoms with Gasteiger partial charge in [-0.05, 0) is 61.9 Å². The summed E-state index contributed by atoms with van der Waals surface area (Å²) in [6.45, 7) is 4.78. The van der Waals surface area contributed by atoms with Gasteiger partial charge >= 0.3 is 0 Å². The highest BCUT2D eigenvalue weighted by atomic mass is 32.2. The van der Waals surface area contributed by atoms with E-state index in [1.807, 2.05) is 32.0 Å². The molecule has 4 rings (SSSR count). The number of ether oxygens (including phenoxy) is 2. The summed E-state index contributed by atoms with van der Waals surface area (Å²) in [4.78, 5) is 13.1. The number of hydrogen-bond acceptors (Lipinski definition) is 5. The van der Waals surface area contributed by atoms with E-state index < -0.39 is 10.0 Å². The van der Waals surface area contributed by atoms with Crippen LogP contribution in [0.4, 0.5) is 5.69 Å². The van der Waals surface area contributed by atoms with Crippen LogP contribution in [0, 0.1) is 6.92 Å². The minimum Gasteiger partial charge on any atom is -0.486 e. The monoisotopic (exact) mass is 466 g/mol. The fourth-order valence-electron chi connectivity index (χ4n) is 3.54. The highest BCUT2D eigenvalue weighted by Crippen LogP contribution is 2.32. The Hall–Kier alpha value is -3.52. The van der Waals surface area contributed by atoms with Crippen molar-refractivity contribution in [3.63, 3.8) is 0 Å². The van der Waals surface area contributed by atoms with Crippen molar-refractivity contribution in [2.45, 2.75) is 24.8 Å². The zero-order valence-electron chi connectivity index (χ0n) is 18.7. The Kier molecular flexibility index (Phi) is 6.29. The second-order valence-electron chi connectivity index (χ2n) is 7.93. The molecular formula is C25H26N2O5S. The minimum atomic E-state index is -3.75. The number of amides is 1. The summed E-state index contributed by atoms with van der Waals surface area (Å²) in [7, 11) is -2.27. The topological polar surface area (TPSA) is 84.9 Å². The molecule has 1 heterocycles. The molecular weight excluding hydrogens is 440 g/mol. The number of nitrogens with zero attached hydrogens (tertiary/aromatic N) is 1. The summed E-state index contributed by atoms with van der Waals surface area (Å²) in [5.74, 6) is 1.04. The second-order valence-corrected chi connectivity index (χ2v) is 9.90. The third-order valence-electron chi connectivity index (χ3n) is 5.57. The van der Waals surface area contributed by atoms with Gasteiger partial charge < -0.3 is 14.8 Å². The molecule has 3 aromatic rings. The molecule has 0 saturated heterocycles. The van der Waals surface area contributed by atoms with Crippen LogP contribution in [0.2, 0.25) is 0 Å². The van der Waals surface area contributed by atoms with E-state index in [4.69, 9.17) is 9.47 Å². The lowest BCUT2D eigenvalue weighted by molar-refractivity contribution is 0.0939. The van der Waals surface area contributed by atoms with E-state index in [-0.39, 0.29) is 16.8 Å². The van der Waals surface area contributed by atoms with E-state index in [1.165, 1.54) is 11.4 Å². The van der Waals surface area contributed by atoms with Crippen LogP contribution in [0.5, 0.6) is 11.5 Å². The fourth-order valence-corrected chi connectivity index (χ4v) is 4.73. The smallest absolute Gasteiger partial charge is 0.264 e. The summed E-state index contributed by atoms with van der Waals surface area (Å²) >= 11 is 0. The molecule has 0 bridgehead atoms. The van der Waals surface area contributed by atoms with Gasteiger partial charge in [-0.25, -0.2) is 8.42 Å². The highest BCUT2D eigenvalue weighted by molar-refractivity contribution is 7.92.